The fourth-order valence-electron chi connectivity index (χ4n) is 3.51. The van der Waals surface area contributed by atoms with E-state index in [1.165, 1.54) is 18.2 Å². The van der Waals surface area contributed by atoms with Crippen molar-refractivity contribution < 1.29 is 9.53 Å². The molecule has 23 heavy (non-hydrogen) atoms. The molecule has 3 unspecified atom stereocenters. The van der Waals surface area contributed by atoms with Gasteiger partial charge in [0.25, 0.3) is 0 Å². The van der Waals surface area contributed by atoms with Gasteiger partial charge < -0.3 is 9.64 Å². The van der Waals surface area contributed by atoms with E-state index in [0.29, 0.717) is 29.5 Å². The third kappa shape index (κ3) is 4.03. The fourth-order valence-corrected chi connectivity index (χ4v) is 4.27. The van der Waals surface area contributed by atoms with E-state index in [0.717, 1.165) is 32.3 Å². The predicted octanol–water partition coefficient (Wildman–Crippen LogP) is 1.73. The summed E-state index contributed by atoms with van der Waals surface area (Å²) in [4.78, 5) is 14.6. The molecule has 3 rings (SSSR count). The van der Waals surface area contributed by atoms with Gasteiger partial charge in [-0.3, -0.25) is 4.79 Å². The first kappa shape index (κ1) is 16.7. The van der Waals surface area contributed by atoms with Crippen LogP contribution in [0.15, 0.2) is 5.16 Å². The number of tetrazole rings is 1. The van der Waals surface area contributed by atoms with Gasteiger partial charge in [0, 0.05) is 18.7 Å². The average molecular weight is 339 g/mol. The van der Waals surface area contributed by atoms with Crippen molar-refractivity contribution in [3.63, 3.8) is 0 Å². The lowest BCUT2D eigenvalue weighted by molar-refractivity contribution is -0.134. The third-order valence-corrected chi connectivity index (χ3v) is 5.65. The number of carbonyl (C=O) groups excluding carboxylic acids is 1. The molecule has 0 aliphatic carbocycles. The van der Waals surface area contributed by atoms with Crippen LogP contribution in [0.3, 0.4) is 0 Å². The lowest BCUT2D eigenvalue weighted by Crippen LogP contribution is -2.48. The first-order valence-corrected chi connectivity index (χ1v) is 9.45. The second kappa shape index (κ2) is 7.61. The first-order chi connectivity index (χ1) is 11.1. The average Bonchev–Trinajstić information content (AvgIpc) is 3.17. The maximum absolute atomic E-state index is 12.6. The largest absolute Gasteiger partial charge is 0.376 e. The van der Waals surface area contributed by atoms with Gasteiger partial charge in [-0.2, -0.15) is 0 Å². The Labute approximate surface area is 141 Å². The Kier molecular flexibility index (Phi) is 5.53. The van der Waals surface area contributed by atoms with E-state index < -0.39 is 0 Å². The summed E-state index contributed by atoms with van der Waals surface area (Å²) in [7, 11) is 0. The summed E-state index contributed by atoms with van der Waals surface area (Å²) in [5.41, 5.74) is 0. The van der Waals surface area contributed by atoms with Gasteiger partial charge in [-0.1, -0.05) is 11.8 Å². The molecule has 0 bridgehead atoms. The summed E-state index contributed by atoms with van der Waals surface area (Å²) in [6.45, 7) is 5.76. The summed E-state index contributed by atoms with van der Waals surface area (Å²) in [5, 5.41) is 12.5. The molecule has 2 aliphatic heterocycles. The van der Waals surface area contributed by atoms with Crippen molar-refractivity contribution in [1.29, 1.82) is 0 Å². The summed E-state index contributed by atoms with van der Waals surface area (Å²) in [5.74, 6) is 0.571. The summed E-state index contributed by atoms with van der Waals surface area (Å²) in [6.07, 6.45) is 5.73. The number of rotatable bonds is 5. The van der Waals surface area contributed by atoms with E-state index in [4.69, 9.17) is 4.74 Å². The minimum atomic E-state index is 0.182. The Morgan fingerprint density at radius 2 is 2.04 bits per heavy atom. The summed E-state index contributed by atoms with van der Waals surface area (Å²) in [6, 6.07) is 0.657. The number of hydrogen-bond acceptors (Lipinski definition) is 6. The van der Waals surface area contributed by atoms with E-state index in [-0.39, 0.29) is 12.0 Å². The van der Waals surface area contributed by atoms with Gasteiger partial charge in [-0.15, -0.1) is 5.10 Å². The van der Waals surface area contributed by atoms with Gasteiger partial charge >= 0.3 is 0 Å². The van der Waals surface area contributed by atoms with Crippen molar-refractivity contribution in [2.24, 2.45) is 0 Å². The third-order valence-electron chi connectivity index (χ3n) is 4.71. The SMILES string of the molecule is CC1CCCC(C)N1C(=O)CSc1nnnn1CC1CCCO1. The van der Waals surface area contributed by atoms with E-state index in [9.17, 15) is 4.79 Å². The van der Waals surface area contributed by atoms with Gasteiger partial charge in [0.05, 0.1) is 18.4 Å². The van der Waals surface area contributed by atoms with Crippen molar-refractivity contribution in [1.82, 2.24) is 25.1 Å². The van der Waals surface area contributed by atoms with E-state index in [1.807, 2.05) is 4.90 Å². The minimum Gasteiger partial charge on any atom is -0.376 e. The highest BCUT2D eigenvalue weighted by atomic mass is 32.2. The number of aromatic nitrogens is 4. The smallest absolute Gasteiger partial charge is 0.233 e. The molecule has 0 N–H and O–H groups in total. The Balaban J connectivity index is 1.55. The monoisotopic (exact) mass is 339 g/mol. The van der Waals surface area contributed by atoms with Gasteiger partial charge in [-0.25, -0.2) is 4.68 Å². The lowest BCUT2D eigenvalue weighted by Gasteiger charge is -2.39. The maximum Gasteiger partial charge on any atom is 0.233 e. The van der Waals surface area contributed by atoms with Crippen LogP contribution in [0, 0.1) is 0 Å². The van der Waals surface area contributed by atoms with Gasteiger partial charge in [0.1, 0.15) is 0 Å². The van der Waals surface area contributed by atoms with E-state index in [2.05, 4.69) is 29.4 Å². The standard InChI is InChI=1S/C15H25N5O2S/c1-11-5-3-6-12(2)20(11)14(21)10-23-15-16-17-18-19(15)9-13-7-4-8-22-13/h11-13H,3-10H2,1-2H3. The molecule has 7 nitrogen and oxygen atoms in total. The van der Waals surface area contributed by atoms with Crippen molar-refractivity contribution in [3.05, 3.63) is 0 Å². The molecule has 8 heteroatoms. The zero-order valence-electron chi connectivity index (χ0n) is 13.8. The molecule has 0 aromatic carbocycles. The van der Waals surface area contributed by atoms with Crippen LogP contribution >= 0.6 is 11.8 Å². The minimum absolute atomic E-state index is 0.182. The Morgan fingerprint density at radius 1 is 1.26 bits per heavy atom. The van der Waals surface area contributed by atoms with E-state index >= 15 is 0 Å². The van der Waals surface area contributed by atoms with Crippen LogP contribution in [-0.2, 0) is 16.1 Å². The van der Waals surface area contributed by atoms with Crippen molar-refractivity contribution in [2.75, 3.05) is 12.4 Å². The van der Waals surface area contributed by atoms with Crippen LogP contribution in [0.1, 0.15) is 46.0 Å². The van der Waals surface area contributed by atoms with Crippen molar-refractivity contribution in [3.8, 4) is 0 Å². The number of nitrogens with zero attached hydrogens (tertiary/aromatic N) is 5. The topological polar surface area (TPSA) is 73.1 Å². The van der Waals surface area contributed by atoms with Crippen molar-refractivity contribution in [2.45, 2.75) is 75.8 Å². The highest BCUT2D eigenvalue weighted by Crippen LogP contribution is 2.25. The Hall–Kier alpha value is -1.15. The van der Waals surface area contributed by atoms with Gasteiger partial charge in [0.15, 0.2) is 0 Å². The highest BCUT2D eigenvalue weighted by Gasteiger charge is 2.29. The molecular weight excluding hydrogens is 314 g/mol. The molecule has 1 amide bonds. The zero-order valence-corrected chi connectivity index (χ0v) is 14.7. The molecule has 2 saturated heterocycles. The molecule has 0 spiro atoms. The van der Waals surface area contributed by atoms with E-state index in [1.54, 1.807) is 4.68 Å². The molecule has 2 aliphatic rings. The lowest BCUT2D eigenvalue weighted by atomic mass is 9.98. The molecular formula is C15H25N5O2S. The van der Waals surface area contributed by atoms with Gasteiger partial charge in [0.2, 0.25) is 11.1 Å². The fraction of sp³-hybridized carbons (Fsp3) is 0.867. The normalized spacial score (nSPS) is 28.3. The van der Waals surface area contributed by atoms with Crippen LogP contribution in [0.5, 0.6) is 0 Å². The number of ether oxygens (including phenoxy) is 1. The molecule has 128 valence electrons. The number of likely N-dealkylation sites (tertiary alicyclic amines) is 1. The van der Waals surface area contributed by atoms with Crippen LogP contribution in [0.4, 0.5) is 0 Å². The van der Waals surface area contributed by atoms with Crippen LogP contribution in [0.2, 0.25) is 0 Å². The zero-order chi connectivity index (χ0) is 16.2. The highest BCUT2D eigenvalue weighted by molar-refractivity contribution is 7.99. The summed E-state index contributed by atoms with van der Waals surface area (Å²) >= 11 is 1.42. The molecule has 2 fully saturated rings. The number of amides is 1. The number of thioether (sulfide) groups is 1. The second-order valence-electron chi connectivity index (χ2n) is 6.50. The molecule has 0 radical (unpaired) electrons. The van der Waals surface area contributed by atoms with Crippen LogP contribution in [0.25, 0.3) is 0 Å². The molecule has 0 saturated carbocycles. The molecule has 1 aromatic heterocycles. The number of carbonyl (C=O) groups is 1. The molecule has 3 atom stereocenters. The van der Waals surface area contributed by atoms with Gasteiger partial charge in [-0.05, 0) is 56.4 Å². The molecule has 3 heterocycles. The van der Waals surface area contributed by atoms with Crippen molar-refractivity contribution >= 4 is 17.7 Å². The maximum atomic E-state index is 12.6. The first-order valence-electron chi connectivity index (χ1n) is 8.47. The quantitative estimate of drug-likeness (QED) is 0.761. The Bertz CT molecular complexity index is 522. The van der Waals surface area contributed by atoms with Crippen LogP contribution in [-0.4, -0.2) is 61.6 Å². The number of hydrogen-bond donors (Lipinski definition) is 0. The summed E-state index contributed by atoms with van der Waals surface area (Å²) < 4.78 is 7.39. The molecule has 1 aromatic rings. The van der Waals surface area contributed by atoms with Crippen LogP contribution < -0.4 is 0 Å². The number of piperidine rings is 1. The predicted molar refractivity (Wildman–Crippen MR) is 87.1 cm³/mol. The second-order valence-corrected chi connectivity index (χ2v) is 7.44. The Morgan fingerprint density at radius 3 is 2.74 bits per heavy atom.